The largest absolute Gasteiger partial charge is 0.480 e. The Morgan fingerprint density at radius 3 is 2.71 bits per heavy atom. The first-order valence-electron chi connectivity index (χ1n) is 5.19. The third kappa shape index (κ3) is 4.58. The molecule has 0 saturated carbocycles. The highest BCUT2D eigenvalue weighted by molar-refractivity contribution is 5.72. The summed E-state index contributed by atoms with van der Waals surface area (Å²) in [5.41, 5.74) is 5.73. The van der Waals surface area contributed by atoms with Gasteiger partial charge in [-0.2, -0.15) is 4.98 Å². The maximum absolute atomic E-state index is 10.4. The molecule has 0 aromatic carbocycles. The minimum Gasteiger partial charge on any atom is -0.480 e. The molecular weight excluding hydrogens is 222 g/mol. The molecule has 4 N–H and O–H groups in total. The summed E-state index contributed by atoms with van der Waals surface area (Å²) in [5.74, 6) is -0.240. The molecule has 0 aliphatic rings. The van der Waals surface area contributed by atoms with Crippen molar-refractivity contribution in [3.05, 3.63) is 12.1 Å². The van der Waals surface area contributed by atoms with Crippen LogP contribution in [0.3, 0.4) is 0 Å². The molecule has 17 heavy (non-hydrogen) atoms. The maximum Gasteiger partial charge on any atom is 0.322 e. The van der Waals surface area contributed by atoms with Gasteiger partial charge in [0.05, 0.1) is 5.69 Å². The van der Waals surface area contributed by atoms with Crippen molar-refractivity contribution in [3.63, 3.8) is 0 Å². The number of nitrogens with one attached hydrogen (secondary N) is 1. The van der Waals surface area contributed by atoms with Crippen molar-refractivity contribution in [1.29, 1.82) is 0 Å². The average Bonchev–Trinajstić information content (AvgIpc) is 2.17. The van der Waals surface area contributed by atoms with E-state index < -0.39 is 11.6 Å². The molecular formula is C11H17N3O3. The van der Waals surface area contributed by atoms with E-state index in [4.69, 9.17) is 15.6 Å². The van der Waals surface area contributed by atoms with Gasteiger partial charge in [-0.3, -0.25) is 4.79 Å². The predicted molar refractivity (Wildman–Crippen MR) is 65.2 cm³/mol. The second-order valence-corrected chi connectivity index (χ2v) is 4.55. The number of carboxylic acid groups (broad SMARTS) is 1. The van der Waals surface area contributed by atoms with Crippen LogP contribution in [0.1, 0.15) is 20.8 Å². The fourth-order valence-corrected chi connectivity index (χ4v) is 1.09. The highest BCUT2D eigenvalue weighted by Crippen LogP contribution is 2.24. The van der Waals surface area contributed by atoms with Gasteiger partial charge in [0.25, 0.3) is 0 Å². The number of aromatic nitrogens is 1. The van der Waals surface area contributed by atoms with Crippen LogP contribution in [-0.4, -0.2) is 28.2 Å². The smallest absolute Gasteiger partial charge is 0.322 e. The molecule has 0 saturated heterocycles. The normalized spacial score (nSPS) is 11.0. The third-order valence-electron chi connectivity index (χ3n) is 1.71. The van der Waals surface area contributed by atoms with E-state index in [9.17, 15) is 4.79 Å². The zero-order chi connectivity index (χ0) is 13.1. The van der Waals surface area contributed by atoms with Crippen molar-refractivity contribution >= 4 is 17.5 Å². The monoisotopic (exact) mass is 239 g/mol. The van der Waals surface area contributed by atoms with Crippen molar-refractivity contribution in [2.75, 3.05) is 17.6 Å². The van der Waals surface area contributed by atoms with E-state index in [0.717, 1.165) is 0 Å². The average molecular weight is 239 g/mol. The molecule has 94 valence electrons. The van der Waals surface area contributed by atoms with Crippen LogP contribution in [-0.2, 0) is 4.79 Å². The van der Waals surface area contributed by atoms with Crippen molar-refractivity contribution in [2.24, 2.45) is 0 Å². The first kappa shape index (κ1) is 13.1. The number of hydrogen-bond acceptors (Lipinski definition) is 5. The van der Waals surface area contributed by atoms with Crippen molar-refractivity contribution in [1.82, 2.24) is 4.98 Å². The Balaban J connectivity index is 2.83. The van der Waals surface area contributed by atoms with Crippen LogP contribution in [0.25, 0.3) is 0 Å². The van der Waals surface area contributed by atoms with Crippen molar-refractivity contribution in [2.45, 2.75) is 26.4 Å². The zero-order valence-corrected chi connectivity index (χ0v) is 10.2. The van der Waals surface area contributed by atoms with Gasteiger partial charge in [0.1, 0.15) is 18.0 Å². The van der Waals surface area contributed by atoms with Gasteiger partial charge in [-0.1, -0.05) is 0 Å². The molecule has 0 bridgehead atoms. The Bertz CT molecular complexity index is 413. The molecule has 1 aromatic rings. The molecule has 1 rings (SSSR count). The van der Waals surface area contributed by atoms with Crippen molar-refractivity contribution in [3.8, 4) is 5.88 Å². The van der Waals surface area contributed by atoms with Gasteiger partial charge >= 0.3 is 5.97 Å². The van der Waals surface area contributed by atoms with Gasteiger partial charge < -0.3 is 20.9 Å². The van der Waals surface area contributed by atoms with E-state index in [1.165, 1.54) is 0 Å². The Labute approximate surface area is 99.8 Å². The minimum atomic E-state index is -0.957. The quantitative estimate of drug-likeness (QED) is 0.733. The van der Waals surface area contributed by atoms with E-state index in [0.29, 0.717) is 17.4 Å². The molecule has 0 aliphatic carbocycles. The van der Waals surface area contributed by atoms with Crippen LogP contribution in [0.2, 0.25) is 0 Å². The molecule has 0 amide bonds. The molecule has 0 spiro atoms. The van der Waals surface area contributed by atoms with Crippen LogP contribution in [0.5, 0.6) is 5.88 Å². The maximum atomic E-state index is 10.4. The van der Waals surface area contributed by atoms with E-state index in [1.807, 2.05) is 20.8 Å². The Hall–Kier alpha value is -1.98. The van der Waals surface area contributed by atoms with E-state index in [2.05, 4.69) is 10.3 Å². The molecule has 6 nitrogen and oxygen atoms in total. The number of nitrogens with zero attached hydrogens (tertiary/aromatic N) is 1. The lowest BCUT2D eigenvalue weighted by molar-refractivity contribution is -0.134. The highest BCUT2D eigenvalue weighted by atomic mass is 16.5. The van der Waals surface area contributed by atoms with Crippen LogP contribution in [0.4, 0.5) is 11.5 Å². The first-order chi connectivity index (χ1) is 7.78. The predicted octanol–water partition coefficient (Wildman–Crippen LogP) is 1.34. The van der Waals surface area contributed by atoms with Gasteiger partial charge in [0, 0.05) is 0 Å². The van der Waals surface area contributed by atoms with E-state index >= 15 is 0 Å². The van der Waals surface area contributed by atoms with E-state index in [1.54, 1.807) is 12.1 Å². The van der Waals surface area contributed by atoms with Crippen molar-refractivity contribution < 1.29 is 14.6 Å². The Morgan fingerprint density at radius 2 is 2.18 bits per heavy atom. The lowest BCUT2D eigenvalue weighted by atomic mass is 10.2. The number of anilines is 2. The Morgan fingerprint density at radius 1 is 1.53 bits per heavy atom. The highest BCUT2D eigenvalue weighted by Gasteiger charge is 2.15. The summed E-state index contributed by atoms with van der Waals surface area (Å²) in [6.07, 6.45) is 0. The molecule has 0 aliphatic heterocycles. The molecule has 0 unspecified atom stereocenters. The second-order valence-electron chi connectivity index (χ2n) is 4.55. The lowest BCUT2D eigenvalue weighted by Gasteiger charge is -2.21. The van der Waals surface area contributed by atoms with Crippen LogP contribution in [0.15, 0.2) is 12.1 Å². The van der Waals surface area contributed by atoms with Gasteiger partial charge in [0.15, 0.2) is 0 Å². The Kier molecular flexibility index (Phi) is 3.77. The molecule has 1 heterocycles. The SMILES string of the molecule is CC(C)(C)Oc1nc(NCC(=O)O)ccc1N. The van der Waals surface area contributed by atoms with Gasteiger partial charge in [-0.15, -0.1) is 0 Å². The van der Waals surface area contributed by atoms with Gasteiger partial charge in [-0.25, -0.2) is 0 Å². The second kappa shape index (κ2) is 4.90. The fourth-order valence-electron chi connectivity index (χ4n) is 1.09. The summed E-state index contributed by atoms with van der Waals surface area (Å²) in [4.78, 5) is 14.5. The topological polar surface area (TPSA) is 97.5 Å². The molecule has 0 atom stereocenters. The molecule has 0 fully saturated rings. The standard InChI is InChI=1S/C11H17N3O3/c1-11(2,3)17-10-7(12)4-5-8(14-10)13-6-9(15)16/h4-5H,6,12H2,1-3H3,(H,13,14)(H,15,16). The summed E-state index contributed by atoms with van der Waals surface area (Å²) in [7, 11) is 0. The fraction of sp³-hybridized carbons (Fsp3) is 0.455. The number of aliphatic carboxylic acids is 1. The minimum absolute atomic E-state index is 0.203. The number of carbonyl (C=O) groups is 1. The molecule has 0 radical (unpaired) electrons. The van der Waals surface area contributed by atoms with Crippen LogP contribution >= 0.6 is 0 Å². The number of ether oxygens (including phenoxy) is 1. The first-order valence-corrected chi connectivity index (χ1v) is 5.19. The summed E-state index contributed by atoms with van der Waals surface area (Å²) in [6, 6.07) is 3.23. The van der Waals surface area contributed by atoms with Crippen LogP contribution in [0, 0.1) is 0 Å². The third-order valence-corrected chi connectivity index (χ3v) is 1.71. The van der Waals surface area contributed by atoms with Crippen LogP contribution < -0.4 is 15.8 Å². The number of nitrogen functional groups attached to an aromatic ring is 1. The lowest BCUT2D eigenvalue weighted by Crippen LogP contribution is -2.24. The number of hydrogen-bond donors (Lipinski definition) is 3. The zero-order valence-electron chi connectivity index (χ0n) is 10.2. The summed E-state index contributed by atoms with van der Waals surface area (Å²) in [6.45, 7) is 5.44. The summed E-state index contributed by atoms with van der Waals surface area (Å²) >= 11 is 0. The summed E-state index contributed by atoms with van der Waals surface area (Å²) < 4.78 is 5.56. The number of nitrogens with two attached hydrogens (primary N) is 1. The molecule has 6 heteroatoms. The summed E-state index contributed by atoms with van der Waals surface area (Å²) in [5, 5.41) is 11.2. The number of rotatable bonds is 4. The van der Waals surface area contributed by atoms with Gasteiger partial charge in [-0.05, 0) is 32.9 Å². The van der Waals surface area contributed by atoms with E-state index in [-0.39, 0.29) is 6.54 Å². The van der Waals surface area contributed by atoms with Gasteiger partial charge in [0.2, 0.25) is 5.88 Å². The number of pyridine rings is 1. The number of carboxylic acids is 1. The molecule has 1 aromatic heterocycles.